The van der Waals surface area contributed by atoms with Crippen LogP contribution in [0.4, 0.5) is 15.6 Å². The fourth-order valence-electron chi connectivity index (χ4n) is 3.28. The molecule has 1 saturated carbocycles. The molecule has 0 aliphatic heterocycles. The van der Waals surface area contributed by atoms with Gasteiger partial charge in [-0.05, 0) is 37.5 Å². The first-order valence-electron chi connectivity index (χ1n) is 9.23. The Kier molecular flexibility index (Phi) is 6.70. The van der Waals surface area contributed by atoms with Gasteiger partial charge >= 0.3 is 12.0 Å². The van der Waals surface area contributed by atoms with Gasteiger partial charge < -0.3 is 10.1 Å². The zero-order valence-electron chi connectivity index (χ0n) is 15.6. The molecule has 0 spiro atoms. The molecule has 0 radical (unpaired) electrons. The Morgan fingerprint density at radius 2 is 2.00 bits per heavy atom. The average Bonchev–Trinajstić information content (AvgIpc) is 3.36. The zero-order valence-corrected chi connectivity index (χ0v) is 16.4. The molecule has 9 heteroatoms. The molecule has 0 bridgehead atoms. The highest BCUT2D eigenvalue weighted by atomic mass is 32.1. The Balaban J connectivity index is 1.81. The number of amides is 2. The standard InChI is InChI=1S/C19H22N4O4S/c1-2-27-16(24)10-12-7-8-15(21-18(26)22-19-23-20-11-28-19)14(9-12)17(25)13-5-3-4-6-13/h7-9,11,13H,2-6,10H2,1H3,(H2,21,22,23,26). The number of aromatic nitrogens is 2. The molecule has 2 aromatic rings. The molecular weight excluding hydrogens is 380 g/mol. The Labute approximate surface area is 166 Å². The van der Waals surface area contributed by atoms with Gasteiger partial charge in [0, 0.05) is 11.5 Å². The van der Waals surface area contributed by atoms with E-state index in [0.29, 0.717) is 28.6 Å². The van der Waals surface area contributed by atoms with Crippen molar-refractivity contribution in [3.8, 4) is 0 Å². The van der Waals surface area contributed by atoms with E-state index < -0.39 is 6.03 Å². The molecule has 8 nitrogen and oxygen atoms in total. The largest absolute Gasteiger partial charge is 0.466 e. The molecule has 1 aliphatic carbocycles. The van der Waals surface area contributed by atoms with Crippen LogP contribution in [0.5, 0.6) is 0 Å². The first-order valence-corrected chi connectivity index (χ1v) is 10.1. The summed E-state index contributed by atoms with van der Waals surface area (Å²) in [6.07, 6.45) is 3.82. The second kappa shape index (κ2) is 9.41. The minimum atomic E-state index is -0.504. The van der Waals surface area contributed by atoms with Crippen LogP contribution in [0.3, 0.4) is 0 Å². The van der Waals surface area contributed by atoms with Crippen molar-refractivity contribution < 1.29 is 19.1 Å². The maximum Gasteiger partial charge on any atom is 0.325 e. The lowest BCUT2D eigenvalue weighted by Crippen LogP contribution is -2.22. The molecule has 3 rings (SSSR count). The Hall–Kier alpha value is -2.81. The van der Waals surface area contributed by atoms with Crippen molar-refractivity contribution in [2.75, 3.05) is 17.2 Å². The summed E-state index contributed by atoms with van der Waals surface area (Å²) in [4.78, 5) is 37.1. The molecule has 2 amide bonds. The predicted molar refractivity (Wildman–Crippen MR) is 106 cm³/mol. The summed E-state index contributed by atoms with van der Waals surface area (Å²) in [5.41, 5.74) is 3.01. The quantitative estimate of drug-likeness (QED) is 0.540. The molecule has 1 aromatic carbocycles. The Morgan fingerprint density at radius 3 is 2.68 bits per heavy atom. The molecule has 1 fully saturated rings. The third-order valence-corrected chi connectivity index (χ3v) is 5.16. The van der Waals surface area contributed by atoms with E-state index in [2.05, 4.69) is 20.8 Å². The number of ketones is 1. The molecule has 148 valence electrons. The zero-order chi connectivity index (χ0) is 19.9. The summed E-state index contributed by atoms with van der Waals surface area (Å²) in [6, 6.07) is 4.53. The monoisotopic (exact) mass is 402 g/mol. The van der Waals surface area contributed by atoms with Crippen molar-refractivity contribution in [1.29, 1.82) is 0 Å². The van der Waals surface area contributed by atoms with Crippen molar-refractivity contribution in [2.24, 2.45) is 5.92 Å². The van der Waals surface area contributed by atoms with Crippen LogP contribution in [-0.2, 0) is 16.0 Å². The van der Waals surface area contributed by atoms with Gasteiger partial charge in [-0.2, -0.15) is 0 Å². The topological polar surface area (TPSA) is 110 Å². The third-order valence-electron chi connectivity index (χ3n) is 4.56. The number of ether oxygens (including phenoxy) is 1. The summed E-state index contributed by atoms with van der Waals surface area (Å²) in [7, 11) is 0. The maximum atomic E-state index is 13.0. The minimum absolute atomic E-state index is 0.00516. The lowest BCUT2D eigenvalue weighted by atomic mass is 9.93. The Bertz CT molecular complexity index is 848. The highest BCUT2D eigenvalue weighted by Gasteiger charge is 2.26. The molecule has 1 heterocycles. The number of benzene rings is 1. The van der Waals surface area contributed by atoms with Gasteiger partial charge in [-0.3, -0.25) is 14.9 Å². The number of esters is 1. The van der Waals surface area contributed by atoms with E-state index in [0.717, 1.165) is 25.7 Å². The summed E-state index contributed by atoms with van der Waals surface area (Å²) >= 11 is 1.19. The molecule has 0 unspecified atom stereocenters. The van der Waals surface area contributed by atoms with E-state index in [-0.39, 0.29) is 24.1 Å². The SMILES string of the molecule is CCOC(=O)Cc1ccc(NC(=O)Nc2nncs2)c(C(=O)C2CCCC2)c1. The lowest BCUT2D eigenvalue weighted by molar-refractivity contribution is -0.142. The number of anilines is 2. The van der Waals surface area contributed by atoms with Crippen LogP contribution in [0.1, 0.15) is 48.5 Å². The summed E-state index contributed by atoms with van der Waals surface area (Å²) in [5, 5.41) is 13.1. The highest BCUT2D eigenvalue weighted by Crippen LogP contribution is 2.31. The molecule has 28 heavy (non-hydrogen) atoms. The molecule has 0 atom stereocenters. The second-order valence-corrected chi connectivity index (χ2v) is 7.36. The minimum Gasteiger partial charge on any atom is -0.466 e. The van der Waals surface area contributed by atoms with Crippen molar-refractivity contribution in [2.45, 2.75) is 39.0 Å². The molecular formula is C19H22N4O4S. The van der Waals surface area contributed by atoms with Crippen molar-refractivity contribution in [3.05, 3.63) is 34.8 Å². The summed E-state index contributed by atoms with van der Waals surface area (Å²) in [6.45, 7) is 2.05. The fraction of sp³-hybridized carbons (Fsp3) is 0.421. The summed E-state index contributed by atoms with van der Waals surface area (Å²) < 4.78 is 4.98. The Morgan fingerprint density at radius 1 is 1.21 bits per heavy atom. The van der Waals surface area contributed by atoms with Crippen LogP contribution in [0.25, 0.3) is 0 Å². The number of carbonyl (C=O) groups excluding carboxylic acids is 3. The third kappa shape index (κ3) is 5.13. The number of hydrogen-bond donors (Lipinski definition) is 2. The number of nitrogens with zero attached hydrogens (tertiary/aromatic N) is 2. The molecule has 2 N–H and O–H groups in total. The number of nitrogens with one attached hydrogen (secondary N) is 2. The lowest BCUT2D eigenvalue weighted by Gasteiger charge is -2.15. The van der Waals surface area contributed by atoms with Gasteiger partial charge in [0.25, 0.3) is 0 Å². The van der Waals surface area contributed by atoms with E-state index >= 15 is 0 Å². The maximum absolute atomic E-state index is 13.0. The second-order valence-electron chi connectivity index (χ2n) is 6.53. The number of carbonyl (C=O) groups is 3. The molecule has 1 aliphatic rings. The van der Waals surface area contributed by atoms with Gasteiger partial charge in [0.1, 0.15) is 5.51 Å². The number of hydrogen-bond acceptors (Lipinski definition) is 7. The van der Waals surface area contributed by atoms with Crippen LogP contribution >= 0.6 is 11.3 Å². The summed E-state index contributed by atoms with van der Waals surface area (Å²) in [5.74, 6) is -0.407. The van der Waals surface area contributed by atoms with Crippen LogP contribution < -0.4 is 10.6 Å². The highest BCUT2D eigenvalue weighted by molar-refractivity contribution is 7.13. The van der Waals surface area contributed by atoms with E-state index in [1.54, 1.807) is 25.1 Å². The van der Waals surface area contributed by atoms with Crippen molar-refractivity contribution >= 4 is 39.9 Å². The molecule has 1 aromatic heterocycles. The van der Waals surface area contributed by atoms with Crippen LogP contribution in [0.15, 0.2) is 23.7 Å². The number of urea groups is 1. The van der Waals surface area contributed by atoms with E-state index in [4.69, 9.17) is 4.74 Å². The first kappa shape index (κ1) is 19.9. The number of Topliss-reactive ketones (excluding diaryl/α,β-unsaturated/α-hetero) is 1. The smallest absolute Gasteiger partial charge is 0.325 e. The fourth-order valence-corrected chi connectivity index (χ4v) is 3.72. The average molecular weight is 402 g/mol. The van der Waals surface area contributed by atoms with E-state index in [1.807, 2.05) is 0 Å². The van der Waals surface area contributed by atoms with Gasteiger partial charge in [0.05, 0.1) is 18.7 Å². The predicted octanol–water partition coefficient (Wildman–Crippen LogP) is 3.66. The van der Waals surface area contributed by atoms with Crippen LogP contribution in [0, 0.1) is 5.92 Å². The van der Waals surface area contributed by atoms with Gasteiger partial charge in [0.15, 0.2) is 5.78 Å². The van der Waals surface area contributed by atoms with Gasteiger partial charge in [0.2, 0.25) is 5.13 Å². The van der Waals surface area contributed by atoms with Crippen LogP contribution in [0.2, 0.25) is 0 Å². The van der Waals surface area contributed by atoms with Gasteiger partial charge in [-0.1, -0.05) is 30.2 Å². The van der Waals surface area contributed by atoms with Crippen molar-refractivity contribution in [1.82, 2.24) is 10.2 Å². The van der Waals surface area contributed by atoms with Gasteiger partial charge in [-0.15, -0.1) is 10.2 Å². The van der Waals surface area contributed by atoms with E-state index in [1.165, 1.54) is 16.8 Å². The molecule has 0 saturated heterocycles. The number of rotatable bonds is 7. The first-order chi connectivity index (χ1) is 13.6. The normalized spacial score (nSPS) is 13.9. The van der Waals surface area contributed by atoms with Crippen molar-refractivity contribution in [3.63, 3.8) is 0 Å². The van der Waals surface area contributed by atoms with Gasteiger partial charge in [-0.25, -0.2) is 4.79 Å². The van der Waals surface area contributed by atoms with E-state index in [9.17, 15) is 14.4 Å². The van der Waals surface area contributed by atoms with Crippen LogP contribution in [-0.4, -0.2) is 34.6 Å².